The van der Waals surface area contributed by atoms with Gasteiger partial charge in [0.2, 0.25) is 0 Å². The number of nitrogens with one attached hydrogen (secondary N) is 1. The predicted molar refractivity (Wildman–Crippen MR) is 54.3 cm³/mol. The number of anilines is 1. The van der Waals surface area contributed by atoms with Gasteiger partial charge in [0, 0.05) is 31.3 Å². The Balaban J connectivity index is 1.94. The third-order valence-corrected chi connectivity index (χ3v) is 2.22. The number of rotatable bonds is 5. The molecule has 0 saturated heterocycles. The molecule has 1 aliphatic carbocycles. The van der Waals surface area contributed by atoms with Crippen molar-refractivity contribution in [3.63, 3.8) is 0 Å². The summed E-state index contributed by atoms with van der Waals surface area (Å²) < 4.78 is 5.00. The molecule has 0 unspecified atom stereocenters. The molecule has 0 radical (unpaired) electrons. The summed E-state index contributed by atoms with van der Waals surface area (Å²) in [6.45, 7) is 0.708. The smallest absolute Gasteiger partial charge is 0.129 e. The Kier molecular flexibility index (Phi) is 2.93. The highest BCUT2D eigenvalue weighted by Gasteiger charge is 2.21. The van der Waals surface area contributed by atoms with Crippen molar-refractivity contribution in [1.82, 2.24) is 9.97 Å². The Morgan fingerprint density at radius 1 is 1.50 bits per heavy atom. The molecule has 76 valence electrons. The van der Waals surface area contributed by atoms with Crippen LogP contribution >= 0.6 is 0 Å². The van der Waals surface area contributed by atoms with Crippen LogP contribution in [0.3, 0.4) is 0 Å². The van der Waals surface area contributed by atoms with Gasteiger partial charge in [0.05, 0.1) is 6.61 Å². The van der Waals surface area contributed by atoms with E-state index in [9.17, 15) is 0 Å². The van der Waals surface area contributed by atoms with Gasteiger partial charge >= 0.3 is 0 Å². The lowest BCUT2D eigenvalue weighted by atomic mass is 10.3. The third kappa shape index (κ3) is 2.67. The molecule has 1 aliphatic rings. The summed E-state index contributed by atoms with van der Waals surface area (Å²) in [6, 6.07) is 2.64. The summed E-state index contributed by atoms with van der Waals surface area (Å²) >= 11 is 0. The van der Waals surface area contributed by atoms with Gasteiger partial charge in [-0.05, 0) is 12.8 Å². The second-order valence-corrected chi connectivity index (χ2v) is 3.56. The van der Waals surface area contributed by atoms with Crippen molar-refractivity contribution in [2.24, 2.45) is 0 Å². The topological polar surface area (TPSA) is 47.0 Å². The van der Waals surface area contributed by atoms with Gasteiger partial charge in [-0.25, -0.2) is 9.97 Å². The molecule has 0 aromatic carbocycles. The monoisotopic (exact) mass is 193 g/mol. The van der Waals surface area contributed by atoms with Gasteiger partial charge in [0.1, 0.15) is 12.1 Å². The van der Waals surface area contributed by atoms with Crippen LogP contribution in [0.15, 0.2) is 12.4 Å². The molecule has 1 N–H and O–H groups in total. The number of hydrogen-bond donors (Lipinski definition) is 1. The van der Waals surface area contributed by atoms with Crippen LogP contribution < -0.4 is 5.32 Å². The molecule has 0 spiro atoms. The Bertz CT molecular complexity index is 299. The average molecular weight is 193 g/mol. The molecule has 1 aromatic rings. The van der Waals surface area contributed by atoms with Gasteiger partial charge < -0.3 is 10.1 Å². The molecule has 0 bridgehead atoms. The zero-order valence-electron chi connectivity index (χ0n) is 8.36. The lowest BCUT2D eigenvalue weighted by molar-refractivity contribution is 0.201. The van der Waals surface area contributed by atoms with Crippen LogP contribution in [0.4, 0.5) is 5.82 Å². The number of nitrogens with zero attached hydrogens (tertiary/aromatic N) is 2. The van der Waals surface area contributed by atoms with Crippen LogP contribution in [0.5, 0.6) is 0 Å². The normalized spacial score (nSPS) is 15.5. The van der Waals surface area contributed by atoms with Crippen LogP contribution in [-0.4, -0.2) is 29.7 Å². The molecule has 0 atom stereocenters. The van der Waals surface area contributed by atoms with Gasteiger partial charge in [0.15, 0.2) is 0 Å². The fraction of sp³-hybridized carbons (Fsp3) is 0.600. The van der Waals surface area contributed by atoms with E-state index < -0.39 is 0 Å². The Labute approximate surface area is 83.7 Å². The summed E-state index contributed by atoms with van der Waals surface area (Å²) in [5.74, 6) is 0.939. The number of aromatic nitrogens is 2. The fourth-order valence-electron chi connectivity index (χ4n) is 1.26. The van der Waals surface area contributed by atoms with E-state index in [0.29, 0.717) is 12.6 Å². The molecule has 14 heavy (non-hydrogen) atoms. The zero-order chi connectivity index (χ0) is 9.80. The van der Waals surface area contributed by atoms with Crippen LogP contribution in [0.2, 0.25) is 0 Å². The third-order valence-electron chi connectivity index (χ3n) is 2.22. The van der Waals surface area contributed by atoms with E-state index in [0.717, 1.165) is 17.9 Å². The maximum atomic E-state index is 5.00. The molecule has 0 aliphatic heterocycles. The Hall–Kier alpha value is -1.16. The molecule has 4 heteroatoms. The second-order valence-electron chi connectivity index (χ2n) is 3.56. The molecule has 1 aromatic heterocycles. The Morgan fingerprint density at radius 2 is 2.36 bits per heavy atom. The van der Waals surface area contributed by atoms with Crippen molar-refractivity contribution in [3.8, 4) is 0 Å². The van der Waals surface area contributed by atoms with E-state index in [4.69, 9.17) is 4.74 Å². The fourth-order valence-corrected chi connectivity index (χ4v) is 1.26. The lowest BCUT2D eigenvalue weighted by Crippen LogP contribution is -2.05. The van der Waals surface area contributed by atoms with E-state index in [-0.39, 0.29) is 0 Å². The molecule has 4 nitrogen and oxygen atoms in total. The van der Waals surface area contributed by atoms with Crippen molar-refractivity contribution < 1.29 is 4.74 Å². The predicted octanol–water partition coefficient (Wildman–Crippen LogP) is 1.24. The highest BCUT2D eigenvalue weighted by atomic mass is 16.5. The molecular formula is C10H15N3O. The minimum absolute atomic E-state index is 0.639. The zero-order valence-corrected chi connectivity index (χ0v) is 8.36. The summed E-state index contributed by atoms with van der Waals surface area (Å²) in [5, 5.41) is 3.34. The highest BCUT2D eigenvalue weighted by molar-refractivity contribution is 5.37. The SMILES string of the molecule is COCCc1cc(NC2CC2)ncn1. The minimum Gasteiger partial charge on any atom is -0.384 e. The standard InChI is InChI=1S/C10H15N3O/c1-14-5-4-9-6-10(12-7-11-9)13-8-2-3-8/h6-8H,2-5H2,1H3,(H,11,12,13). The van der Waals surface area contributed by atoms with Gasteiger partial charge in [-0.3, -0.25) is 0 Å². The van der Waals surface area contributed by atoms with Gasteiger partial charge in [0.25, 0.3) is 0 Å². The number of ether oxygens (including phenoxy) is 1. The average Bonchev–Trinajstić information content (AvgIpc) is 2.99. The van der Waals surface area contributed by atoms with Gasteiger partial charge in [-0.15, -0.1) is 0 Å². The van der Waals surface area contributed by atoms with E-state index in [1.54, 1.807) is 13.4 Å². The summed E-state index contributed by atoms with van der Waals surface area (Å²) in [4.78, 5) is 8.34. The van der Waals surface area contributed by atoms with E-state index in [1.807, 2.05) is 6.07 Å². The van der Waals surface area contributed by atoms with E-state index in [2.05, 4.69) is 15.3 Å². The van der Waals surface area contributed by atoms with E-state index >= 15 is 0 Å². The first-order chi connectivity index (χ1) is 6.88. The van der Waals surface area contributed by atoms with Crippen LogP contribution in [-0.2, 0) is 11.2 Å². The quantitative estimate of drug-likeness (QED) is 0.764. The van der Waals surface area contributed by atoms with Crippen molar-refractivity contribution >= 4 is 5.82 Å². The summed E-state index contributed by atoms with van der Waals surface area (Å²) in [5.41, 5.74) is 1.03. The molecule has 1 saturated carbocycles. The van der Waals surface area contributed by atoms with Crippen molar-refractivity contribution in [2.75, 3.05) is 19.0 Å². The van der Waals surface area contributed by atoms with Crippen LogP contribution in [0, 0.1) is 0 Å². The van der Waals surface area contributed by atoms with Crippen molar-refractivity contribution in [2.45, 2.75) is 25.3 Å². The Morgan fingerprint density at radius 3 is 3.07 bits per heavy atom. The van der Waals surface area contributed by atoms with Gasteiger partial charge in [-0.1, -0.05) is 0 Å². The first-order valence-corrected chi connectivity index (χ1v) is 4.95. The van der Waals surface area contributed by atoms with Crippen LogP contribution in [0.25, 0.3) is 0 Å². The maximum absolute atomic E-state index is 5.00. The van der Waals surface area contributed by atoms with Crippen LogP contribution in [0.1, 0.15) is 18.5 Å². The molecule has 1 fully saturated rings. The highest BCUT2D eigenvalue weighted by Crippen LogP contribution is 2.23. The van der Waals surface area contributed by atoms with Crippen molar-refractivity contribution in [3.05, 3.63) is 18.1 Å². The number of methoxy groups -OCH3 is 1. The molecule has 1 heterocycles. The summed E-state index contributed by atoms with van der Waals surface area (Å²) in [7, 11) is 1.70. The lowest BCUT2D eigenvalue weighted by Gasteiger charge is -2.04. The number of hydrogen-bond acceptors (Lipinski definition) is 4. The van der Waals surface area contributed by atoms with Gasteiger partial charge in [-0.2, -0.15) is 0 Å². The summed E-state index contributed by atoms with van der Waals surface area (Å²) in [6.07, 6.45) is 4.98. The maximum Gasteiger partial charge on any atom is 0.129 e. The second kappa shape index (κ2) is 4.37. The minimum atomic E-state index is 0.639. The first-order valence-electron chi connectivity index (χ1n) is 4.95. The largest absolute Gasteiger partial charge is 0.384 e. The molecular weight excluding hydrogens is 178 g/mol. The van der Waals surface area contributed by atoms with E-state index in [1.165, 1.54) is 12.8 Å². The first kappa shape index (κ1) is 9.40. The van der Waals surface area contributed by atoms with Crippen molar-refractivity contribution in [1.29, 1.82) is 0 Å². The molecule has 2 rings (SSSR count). The molecule has 0 amide bonds.